The highest BCUT2D eigenvalue weighted by molar-refractivity contribution is 6.25. The van der Waals surface area contributed by atoms with E-state index in [1.807, 2.05) is 18.2 Å². The van der Waals surface area contributed by atoms with E-state index in [0.717, 1.165) is 37.5 Å². The van der Waals surface area contributed by atoms with Gasteiger partial charge in [-0.3, -0.25) is 4.79 Å². The van der Waals surface area contributed by atoms with Gasteiger partial charge in [0.25, 0.3) is 0 Å². The number of rotatable bonds is 6. The summed E-state index contributed by atoms with van der Waals surface area (Å²) < 4.78 is 0. The molecule has 3 rings (SSSR count). The second-order valence-corrected chi connectivity index (χ2v) is 6.97. The van der Waals surface area contributed by atoms with Crippen molar-refractivity contribution in [3.05, 3.63) is 53.6 Å². The summed E-state index contributed by atoms with van der Waals surface area (Å²) in [5.41, 5.74) is -0.313. The summed E-state index contributed by atoms with van der Waals surface area (Å²) in [4.78, 5) is 36.6. The van der Waals surface area contributed by atoms with Crippen molar-refractivity contribution in [2.75, 3.05) is 0 Å². The maximum Gasteiger partial charge on any atom is 0.336 e. The number of aliphatic carboxylic acids is 2. The van der Waals surface area contributed by atoms with Crippen LogP contribution in [0.15, 0.2) is 48.0 Å². The van der Waals surface area contributed by atoms with Crippen LogP contribution in [0.3, 0.4) is 0 Å². The zero-order valence-corrected chi connectivity index (χ0v) is 15.0. The topological polar surface area (TPSA) is 91.7 Å². The second-order valence-electron chi connectivity index (χ2n) is 6.97. The van der Waals surface area contributed by atoms with Crippen molar-refractivity contribution in [2.45, 2.75) is 38.5 Å². The van der Waals surface area contributed by atoms with E-state index in [1.54, 1.807) is 24.3 Å². The lowest BCUT2D eigenvalue weighted by Gasteiger charge is -2.21. The quantitative estimate of drug-likeness (QED) is 0.744. The van der Waals surface area contributed by atoms with Gasteiger partial charge in [-0.1, -0.05) is 61.7 Å². The minimum absolute atomic E-state index is 0.171. The summed E-state index contributed by atoms with van der Waals surface area (Å²) in [5.74, 6) is -3.04. The maximum atomic E-state index is 12.6. The minimum Gasteiger partial charge on any atom is -0.478 e. The van der Waals surface area contributed by atoms with E-state index in [4.69, 9.17) is 0 Å². The molecule has 5 heteroatoms. The molecule has 0 saturated heterocycles. The monoisotopic (exact) mass is 366 g/mol. The average Bonchev–Trinajstić information content (AvgIpc) is 2.68. The Morgan fingerprint density at radius 1 is 0.852 bits per heavy atom. The minimum atomic E-state index is -1.36. The Kier molecular flexibility index (Phi) is 5.69. The number of ketones is 1. The SMILES string of the molecule is O=C(O)C(CC(=O)C1CCCCC1)=C(C(=O)O)c1cccc2ccccc12. The van der Waals surface area contributed by atoms with Crippen molar-refractivity contribution in [2.24, 2.45) is 5.92 Å². The van der Waals surface area contributed by atoms with E-state index in [2.05, 4.69) is 0 Å². The smallest absolute Gasteiger partial charge is 0.336 e. The largest absolute Gasteiger partial charge is 0.478 e. The van der Waals surface area contributed by atoms with Crippen LogP contribution in [0.5, 0.6) is 0 Å². The summed E-state index contributed by atoms with van der Waals surface area (Å²) in [5, 5.41) is 21.0. The Balaban J connectivity index is 2.09. The molecule has 27 heavy (non-hydrogen) atoms. The summed E-state index contributed by atoms with van der Waals surface area (Å²) in [6.45, 7) is 0. The summed E-state index contributed by atoms with van der Waals surface area (Å²) in [6, 6.07) is 12.3. The van der Waals surface area contributed by atoms with E-state index in [0.29, 0.717) is 10.9 Å². The predicted octanol–water partition coefficient (Wildman–Crippen LogP) is 4.30. The van der Waals surface area contributed by atoms with Crippen molar-refractivity contribution < 1.29 is 24.6 Å². The molecule has 1 aliphatic carbocycles. The first-order valence-electron chi connectivity index (χ1n) is 9.19. The number of carboxylic acids is 2. The van der Waals surface area contributed by atoms with Crippen LogP contribution in [-0.4, -0.2) is 27.9 Å². The summed E-state index contributed by atoms with van der Waals surface area (Å²) in [7, 11) is 0. The van der Waals surface area contributed by atoms with Crippen molar-refractivity contribution >= 4 is 34.1 Å². The zero-order valence-electron chi connectivity index (χ0n) is 15.0. The molecular weight excluding hydrogens is 344 g/mol. The lowest BCUT2D eigenvalue weighted by molar-refractivity contribution is -0.135. The molecule has 0 atom stereocenters. The van der Waals surface area contributed by atoms with E-state index in [9.17, 15) is 24.6 Å². The third-order valence-electron chi connectivity index (χ3n) is 5.24. The van der Waals surface area contributed by atoms with Crippen LogP contribution in [0.2, 0.25) is 0 Å². The van der Waals surface area contributed by atoms with Crippen LogP contribution in [0.25, 0.3) is 16.3 Å². The van der Waals surface area contributed by atoms with Crippen LogP contribution in [0.4, 0.5) is 0 Å². The number of Topliss-reactive ketones (excluding diaryl/α,β-unsaturated/α-hetero) is 1. The number of carbonyl (C=O) groups excluding carboxylic acids is 1. The molecule has 1 saturated carbocycles. The molecule has 1 fully saturated rings. The van der Waals surface area contributed by atoms with Crippen molar-refractivity contribution in [1.29, 1.82) is 0 Å². The zero-order chi connectivity index (χ0) is 19.4. The van der Waals surface area contributed by atoms with Crippen LogP contribution in [0.1, 0.15) is 44.1 Å². The fraction of sp³-hybridized carbons (Fsp3) is 0.318. The highest BCUT2D eigenvalue weighted by Gasteiger charge is 2.28. The summed E-state index contributed by atoms with van der Waals surface area (Å²) >= 11 is 0. The van der Waals surface area contributed by atoms with Gasteiger partial charge in [0.05, 0.1) is 11.1 Å². The van der Waals surface area contributed by atoms with E-state index >= 15 is 0 Å². The van der Waals surface area contributed by atoms with Gasteiger partial charge in [-0.2, -0.15) is 0 Å². The molecule has 140 valence electrons. The average molecular weight is 366 g/mol. The Bertz CT molecular complexity index is 914. The second kappa shape index (κ2) is 8.16. The fourth-order valence-corrected chi connectivity index (χ4v) is 3.86. The van der Waals surface area contributed by atoms with Gasteiger partial charge in [-0.15, -0.1) is 0 Å². The molecule has 2 N–H and O–H groups in total. The maximum absolute atomic E-state index is 12.6. The molecule has 0 unspecified atom stereocenters. The number of hydrogen-bond donors (Lipinski definition) is 2. The van der Waals surface area contributed by atoms with Crippen LogP contribution >= 0.6 is 0 Å². The molecule has 0 radical (unpaired) electrons. The molecule has 0 amide bonds. The van der Waals surface area contributed by atoms with E-state index < -0.39 is 11.9 Å². The molecule has 2 aromatic rings. The molecule has 0 aliphatic heterocycles. The predicted molar refractivity (Wildman–Crippen MR) is 102 cm³/mol. The molecular formula is C22H22O5. The summed E-state index contributed by atoms with van der Waals surface area (Å²) in [6.07, 6.45) is 4.15. The number of benzene rings is 2. The molecule has 0 heterocycles. The highest BCUT2D eigenvalue weighted by Crippen LogP contribution is 2.31. The number of hydrogen-bond acceptors (Lipinski definition) is 3. The van der Waals surface area contributed by atoms with E-state index in [1.165, 1.54) is 0 Å². The normalized spacial score (nSPS) is 16.0. The Morgan fingerprint density at radius 3 is 2.19 bits per heavy atom. The van der Waals surface area contributed by atoms with Gasteiger partial charge in [0.15, 0.2) is 0 Å². The number of fused-ring (bicyclic) bond motifs is 1. The fourth-order valence-electron chi connectivity index (χ4n) is 3.86. The third-order valence-corrected chi connectivity index (χ3v) is 5.24. The Labute approximate surface area is 157 Å². The van der Waals surface area contributed by atoms with Gasteiger partial charge < -0.3 is 10.2 Å². The van der Waals surface area contributed by atoms with Crippen LogP contribution in [-0.2, 0) is 14.4 Å². The standard InChI is InChI=1S/C22H22O5/c23-19(15-8-2-1-3-9-15)13-18(21(24)25)20(22(26)27)17-12-6-10-14-7-4-5-11-16(14)17/h4-7,10-12,15H,1-3,8-9,13H2,(H,24,25)(H,26,27). The van der Waals surface area contributed by atoms with Crippen molar-refractivity contribution in [1.82, 2.24) is 0 Å². The first-order chi connectivity index (χ1) is 13.0. The van der Waals surface area contributed by atoms with Crippen LogP contribution in [0, 0.1) is 5.92 Å². The van der Waals surface area contributed by atoms with Crippen LogP contribution < -0.4 is 0 Å². The molecule has 2 aromatic carbocycles. The first kappa shape index (κ1) is 18.8. The number of carbonyl (C=O) groups is 3. The first-order valence-corrected chi connectivity index (χ1v) is 9.19. The molecule has 0 spiro atoms. The van der Waals surface area contributed by atoms with Gasteiger partial charge in [-0.05, 0) is 29.2 Å². The Hall–Kier alpha value is -2.95. The highest BCUT2D eigenvalue weighted by atomic mass is 16.4. The van der Waals surface area contributed by atoms with Gasteiger partial charge in [0.1, 0.15) is 5.78 Å². The van der Waals surface area contributed by atoms with E-state index in [-0.39, 0.29) is 29.3 Å². The van der Waals surface area contributed by atoms with Crippen molar-refractivity contribution in [3.63, 3.8) is 0 Å². The Morgan fingerprint density at radius 2 is 1.52 bits per heavy atom. The lowest BCUT2D eigenvalue weighted by Crippen LogP contribution is -2.21. The molecule has 0 aromatic heterocycles. The van der Waals surface area contributed by atoms with Gasteiger partial charge >= 0.3 is 11.9 Å². The van der Waals surface area contributed by atoms with Crippen molar-refractivity contribution in [3.8, 4) is 0 Å². The third kappa shape index (κ3) is 4.08. The molecule has 5 nitrogen and oxygen atoms in total. The molecule has 1 aliphatic rings. The van der Waals surface area contributed by atoms with Gasteiger partial charge in [-0.25, -0.2) is 9.59 Å². The van der Waals surface area contributed by atoms with Gasteiger partial charge in [0, 0.05) is 12.3 Å². The lowest BCUT2D eigenvalue weighted by atomic mass is 9.83. The van der Waals surface area contributed by atoms with Gasteiger partial charge in [0.2, 0.25) is 0 Å². The molecule has 0 bridgehead atoms. The number of carboxylic acid groups (broad SMARTS) is 2.